The molecule has 1 unspecified atom stereocenters. The number of carboxylic acids is 1. The summed E-state index contributed by atoms with van der Waals surface area (Å²) in [5.41, 5.74) is 2.47. The van der Waals surface area contributed by atoms with Gasteiger partial charge in [0.25, 0.3) is 0 Å². The summed E-state index contributed by atoms with van der Waals surface area (Å²) < 4.78 is 1.68. The van der Waals surface area contributed by atoms with Crippen LogP contribution in [0, 0.1) is 13.8 Å². The zero-order valence-electron chi connectivity index (χ0n) is 8.48. The molecule has 0 aliphatic heterocycles. The maximum Gasteiger partial charge on any atom is 0.332 e. The third kappa shape index (κ3) is 1.93. The van der Waals surface area contributed by atoms with Crippen molar-refractivity contribution in [1.29, 1.82) is 0 Å². The third-order valence-corrected chi connectivity index (χ3v) is 2.34. The topological polar surface area (TPSA) is 75.3 Å². The molecule has 5 nitrogen and oxygen atoms in total. The van der Waals surface area contributed by atoms with Gasteiger partial charge >= 0.3 is 5.97 Å². The summed E-state index contributed by atoms with van der Waals surface area (Å²) in [6.45, 7) is 3.65. The fourth-order valence-electron chi connectivity index (χ4n) is 1.39. The Balaban J connectivity index is 2.91. The Hall–Kier alpha value is -1.36. The van der Waals surface area contributed by atoms with Crippen molar-refractivity contribution in [3.63, 3.8) is 0 Å². The molecule has 0 radical (unpaired) electrons. The van der Waals surface area contributed by atoms with E-state index in [1.54, 1.807) is 18.7 Å². The number of carboxylic acid groups (broad SMARTS) is 1. The number of carbonyl (C=O) groups is 1. The highest BCUT2D eigenvalue weighted by molar-refractivity contribution is 5.72. The molecular formula is C9H14N2O3. The number of hydrogen-bond donors (Lipinski definition) is 2. The second kappa shape index (κ2) is 3.79. The summed E-state index contributed by atoms with van der Waals surface area (Å²) in [6, 6.07) is 0. The molecule has 0 fully saturated rings. The highest BCUT2D eigenvalue weighted by Crippen LogP contribution is 2.14. The quantitative estimate of drug-likeness (QED) is 0.718. The van der Waals surface area contributed by atoms with Crippen molar-refractivity contribution in [3.05, 3.63) is 17.0 Å². The minimum atomic E-state index is -1.35. The van der Waals surface area contributed by atoms with Crippen molar-refractivity contribution in [1.82, 2.24) is 9.78 Å². The zero-order valence-corrected chi connectivity index (χ0v) is 8.48. The number of nitrogens with zero attached hydrogens (tertiary/aromatic N) is 2. The van der Waals surface area contributed by atoms with Gasteiger partial charge < -0.3 is 10.2 Å². The molecule has 78 valence electrons. The van der Waals surface area contributed by atoms with Gasteiger partial charge in [0.15, 0.2) is 6.10 Å². The van der Waals surface area contributed by atoms with E-state index < -0.39 is 12.1 Å². The van der Waals surface area contributed by atoms with E-state index in [2.05, 4.69) is 5.10 Å². The van der Waals surface area contributed by atoms with E-state index in [9.17, 15) is 9.90 Å². The van der Waals surface area contributed by atoms with Crippen LogP contribution in [0.15, 0.2) is 0 Å². The number of aromatic nitrogens is 2. The Morgan fingerprint density at radius 1 is 1.57 bits per heavy atom. The molecule has 0 spiro atoms. The molecule has 1 aromatic rings. The van der Waals surface area contributed by atoms with Gasteiger partial charge in [0, 0.05) is 19.2 Å². The number of aliphatic hydroxyl groups excluding tert-OH is 1. The average molecular weight is 198 g/mol. The summed E-state index contributed by atoms with van der Waals surface area (Å²) in [6.07, 6.45) is -1.24. The number of aliphatic hydroxyl groups is 1. The van der Waals surface area contributed by atoms with Crippen molar-refractivity contribution in [2.45, 2.75) is 26.4 Å². The fourth-order valence-corrected chi connectivity index (χ4v) is 1.39. The van der Waals surface area contributed by atoms with Gasteiger partial charge in [-0.1, -0.05) is 0 Å². The standard InChI is InChI=1S/C9H14N2O3/c1-5-7(4-8(12)9(13)14)6(2)11(3)10-5/h8,12H,4H2,1-3H3,(H,13,14). The Morgan fingerprint density at radius 3 is 2.50 bits per heavy atom. The van der Waals surface area contributed by atoms with Gasteiger partial charge in [0.2, 0.25) is 0 Å². The summed E-state index contributed by atoms with van der Waals surface area (Å²) in [4.78, 5) is 10.5. The monoisotopic (exact) mass is 198 g/mol. The first-order valence-electron chi connectivity index (χ1n) is 4.33. The predicted molar refractivity (Wildman–Crippen MR) is 50.0 cm³/mol. The van der Waals surface area contributed by atoms with E-state index in [1.165, 1.54) is 0 Å². The normalized spacial score (nSPS) is 12.9. The maximum atomic E-state index is 10.5. The minimum Gasteiger partial charge on any atom is -0.479 e. The van der Waals surface area contributed by atoms with Crippen LogP contribution in [0.5, 0.6) is 0 Å². The minimum absolute atomic E-state index is 0.112. The van der Waals surface area contributed by atoms with E-state index >= 15 is 0 Å². The van der Waals surface area contributed by atoms with E-state index in [0.29, 0.717) is 0 Å². The first-order chi connectivity index (χ1) is 6.43. The SMILES string of the molecule is Cc1nn(C)c(C)c1CC(O)C(=O)O. The van der Waals surface area contributed by atoms with Crippen LogP contribution in [0.1, 0.15) is 17.0 Å². The number of aryl methyl sites for hydroxylation is 2. The van der Waals surface area contributed by atoms with E-state index in [0.717, 1.165) is 17.0 Å². The van der Waals surface area contributed by atoms with E-state index in [-0.39, 0.29) is 6.42 Å². The van der Waals surface area contributed by atoms with Gasteiger partial charge in [-0.15, -0.1) is 0 Å². The van der Waals surface area contributed by atoms with Crippen molar-refractivity contribution in [2.24, 2.45) is 7.05 Å². The van der Waals surface area contributed by atoms with Crippen LogP contribution in [0.2, 0.25) is 0 Å². The lowest BCUT2D eigenvalue weighted by atomic mass is 10.1. The molecule has 1 atom stereocenters. The van der Waals surface area contributed by atoms with Gasteiger partial charge in [-0.3, -0.25) is 4.68 Å². The van der Waals surface area contributed by atoms with Crippen LogP contribution in [0.4, 0.5) is 0 Å². The van der Waals surface area contributed by atoms with Gasteiger partial charge in [-0.25, -0.2) is 4.79 Å². The Labute approximate surface area is 82.0 Å². The van der Waals surface area contributed by atoms with Gasteiger partial charge in [0.1, 0.15) is 0 Å². The van der Waals surface area contributed by atoms with Gasteiger partial charge in [-0.2, -0.15) is 5.10 Å². The third-order valence-electron chi connectivity index (χ3n) is 2.34. The average Bonchev–Trinajstić information content (AvgIpc) is 2.32. The molecule has 0 bridgehead atoms. The fraction of sp³-hybridized carbons (Fsp3) is 0.556. The lowest BCUT2D eigenvalue weighted by Crippen LogP contribution is -2.22. The molecule has 0 amide bonds. The van der Waals surface area contributed by atoms with Crippen LogP contribution in [-0.4, -0.2) is 32.1 Å². The lowest BCUT2D eigenvalue weighted by Gasteiger charge is -2.05. The van der Waals surface area contributed by atoms with Crippen molar-refractivity contribution in [3.8, 4) is 0 Å². The number of hydrogen-bond acceptors (Lipinski definition) is 3. The molecule has 0 saturated carbocycles. The summed E-state index contributed by atoms with van der Waals surface area (Å²) >= 11 is 0. The molecule has 1 rings (SSSR count). The van der Waals surface area contributed by atoms with Crippen molar-refractivity contribution in [2.75, 3.05) is 0 Å². The second-order valence-corrected chi connectivity index (χ2v) is 3.33. The molecule has 2 N–H and O–H groups in total. The second-order valence-electron chi connectivity index (χ2n) is 3.33. The first-order valence-corrected chi connectivity index (χ1v) is 4.33. The smallest absolute Gasteiger partial charge is 0.332 e. The molecule has 0 aliphatic carbocycles. The molecule has 1 aromatic heterocycles. The molecule has 0 aliphatic rings. The summed E-state index contributed by atoms with van der Waals surface area (Å²) in [5.74, 6) is -1.20. The Morgan fingerprint density at radius 2 is 2.14 bits per heavy atom. The van der Waals surface area contributed by atoms with E-state index in [1.807, 2.05) is 6.92 Å². The molecular weight excluding hydrogens is 184 g/mol. The van der Waals surface area contributed by atoms with Gasteiger partial charge in [-0.05, 0) is 19.4 Å². The zero-order chi connectivity index (χ0) is 10.9. The van der Waals surface area contributed by atoms with Crippen LogP contribution in [-0.2, 0) is 18.3 Å². The van der Waals surface area contributed by atoms with Crippen LogP contribution in [0.25, 0.3) is 0 Å². The van der Waals surface area contributed by atoms with Crippen molar-refractivity contribution >= 4 is 5.97 Å². The lowest BCUT2D eigenvalue weighted by molar-refractivity contribution is -0.146. The predicted octanol–water partition coefficient (Wildman–Crippen LogP) is 0.0249. The van der Waals surface area contributed by atoms with Crippen LogP contribution >= 0.6 is 0 Å². The number of aliphatic carboxylic acids is 1. The van der Waals surface area contributed by atoms with E-state index in [4.69, 9.17) is 5.11 Å². The van der Waals surface area contributed by atoms with Gasteiger partial charge in [0.05, 0.1) is 5.69 Å². The Bertz CT molecular complexity index is 357. The summed E-state index contributed by atoms with van der Waals surface area (Å²) in [7, 11) is 1.79. The largest absolute Gasteiger partial charge is 0.479 e. The molecule has 0 saturated heterocycles. The highest BCUT2D eigenvalue weighted by Gasteiger charge is 2.18. The molecule has 5 heteroatoms. The Kier molecular flexibility index (Phi) is 2.90. The maximum absolute atomic E-state index is 10.5. The van der Waals surface area contributed by atoms with Crippen molar-refractivity contribution < 1.29 is 15.0 Å². The molecule has 0 aromatic carbocycles. The van der Waals surface area contributed by atoms with Crippen LogP contribution < -0.4 is 0 Å². The number of rotatable bonds is 3. The molecule has 1 heterocycles. The summed E-state index contributed by atoms with van der Waals surface area (Å²) in [5, 5.41) is 21.9. The van der Waals surface area contributed by atoms with Crippen LogP contribution in [0.3, 0.4) is 0 Å². The molecule has 14 heavy (non-hydrogen) atoms. The highest BCUT2D eigenvalue weighted by atomic mass is 16.4. The first kappa shape index (κ1) is 10.7.